The van der Waals surface area contributed by atoms with Crippen LogP contribution in [0.3, 0.4) is 0 Å². The van der Waals surface area contributed by atoms with E-state index in [4.69, 9.17) is 0 Å². The lowest BCUT2D eigenvalue weighted by Crippen LogP contribution is -2.25. The minimum Gasteiger partial charge on any atom is -0.310 e. The highest BCUT2D eigenvalue weighted by Crippen LogP contribution is 2.36. The van der Waals surface area contributed by atoms with Crippen molar-refractivity contribution in [2.24, 2.45) is 0 Å². The maximum Gasteiger partial charge on any atom is 0.228 e. The lowest BCUT2D eigenvalue weighted by Gasteiger charge is -2.23. The van der Waals surface area contributed by atoms with E-state index >= 15 is 0 Å². The Balaban J connectivity index is 2.23. The van der Waals surface area contributed by atoms with Gasteiger partial charge in [-0.15, -0.1) is 0 Å². The van der Waals surface area contributed by atoms with Gasteiger partial charge in [0, 0.05) is 29.6 Å². The van der Waals surface area contributed by atoms with Crippen LogP contribution in [0.15, 0.2) is 22.7 Å². The van der Waals surface area contributed by atoms with Gasteiger partial charge in [-0.05, 0) is 39.0 Å². The molecule has 1 saturated heterocycles. The first kappa shape index (κ1) is 16.6. The minimum atomic E-state index is 0.0594. The van der Waals surface area contributed by atoms with E-state index in [0.717, 1.165) is 10.2 Å². The lowest BCUT2D eigenvalue weighted by atomic mass is 9.87. The molecule has 0 radical (unpaired) electrons. The third-order valence-corrected chi connectivity index (χ3v) is 5.14. The molecular weight excluding hydrogens is 350 g/mol. The van der Waals surface area contributed by atoms with Crippen LogP contribution in [0.25, 0.3) is 0 Å². The van der Waals surface area contributed by atoms with Gasteiger partial charge < -0.3 is 4.90 Å². The molecule has 0 aliphatic carbocycles. The molecule has 1 atom stereocenters. The van der Waals surface area contributed by atoms with Gasteiger partial charge in [0.1, 0.15) is 0 Å². The molecule has 1 heterocycles. The Morgan fingerprint density at radius 2 is 2.05 bits per heavy atom. The van der Waals surface area contributed by atoms with Crippen molar-refractivity contribution in [3.05, 3.63) is 28.2 Å². The average molecular weight is 370 g/mol. The molecule has 0 N–H and O–H groups in total. The standard InChI is InChI=1S/C16H20BrNO2S/c1-10(19)21-12-8-15(20)18(9-12)14-6-5-11(7-13(14)17)16(2,3)4/h5-7,12H,8-9H2,1-4H3. The van der Waals surface area contributed by atoms with Crippen molar-refractivity contribution in [3.63, 3.8) is 0 Å². The summed E-state index contributed by atoms with van der Waals surface area (Å²) in [7, 11) is 0. The molecule has 1 fully saturated rings. The van der Waals surface area contributed by atoms with Crippen LogP contribution in [0.2, 0.25) is 0 Å². The molecule has 21 heavy (non-hydrogen) atoms. The molecule has 0 bridgehead atoms. The SMILES string of the molecule is CC(=O)SC1CC(=O)N(c2ccc(C(C)(C)C)cc2Br)C1. The molecule has 1 unspecified atom stereocenters. The van der Waals surface area contributed by atoms with Gasteiger partial charge in [-0.3, -0.25) is 9.59 Å². The zero-order chi connectivity index (χ0) is 15.8. The second-order valence-electron chi connectivity index (χ2n) is 6.36. The molecule has 1 amide bonds. The van der Waals surface area contributed by atoms with Gasteiger partial charge in [0.05, 0.1) is 5.69 Å². The molecule has 0 saturated carbocycles. The summed E-state index contributed by atoms with van der Waals surface area (Å²) in [6.45, 7) is 8.63. The quantitative estimate of drug-likeness (QED) is 0.786. The van der Waals surface area contributed by atoms with Crippen LogP contribution in [-0.2, 0) is 15.0 Å². The van der Waals surface area contributed by atoms with E-state index in [9.17, 15) is 9.59 Å². The van der Waals surface area contributed by atoms with Gasteiger partial charge in [-0.25, -0.2) is 0 Å². The van der Waals surface area contributed by atoms with Crippen LogP contribution in [0.4, 0.5) is 5.69 Å². The van der Waals surface area contributed by atoms with Crippen molar-refractivity contribution < 1.29 is 9.59 Å². The van der Waals surface area contributed by atoms with Gasteiger partial charge >= 0.3 is 0 Å². The first-order valence-electron chi connectivity index (χ1n) is 6.96. The number of carbonyl (C=O) groups is 2. The summed E-state index contributed by atoms with van der Waals surface area (Å²) < 4.78 is 0.928. The zero-order valence-electron chi connectivity index (χ0n) is 12.8. The maximum atomic E-state index is 12.2. The van der Waals surface area contributed by atoms with Crippen molar-refractivity contribution in [3.8, 4) is 0 Å². The molecule has 1 aliphatic heterocycles. The molecule has 1 aromatic carbocycles. The fraction of sp³-hybridized carbons (Fsp3) is 0.500. The van der Waals surface area contributed by atoms with Gasteiger partial charge in [0.15, 0.2) is 5.12 Å². The number of hydrogen-bond acceptors (Lipinski definition) is 3. The predicted octanol–water partition coefficient (Wildman–Crippen LogP) is 4.13. The first-order chi connectivity index (χ1) is 9.68. The van der Waals surface area contributed by atoms with Gasteiger partial charge in [-0.2, -0.15) is 0 Å². The predicted molar refractivity (Wildman–Crippen MR) is 91.9 cm³/mol. The molecule has 0 aromatic heterocycles. The van der Waals surface area contributed by atoms with Gasteiger partial charge in [0.2, 0.25) is 5.91 Å². The average Bonchev–Trinajstić information content (AvgIpc) is 2.67. The van der Waals surface area contributed by atoms with E-state index in [1.165, 1.54) is 17.3 Å². The summed E-state index contributed by atoms with van der Waals surface area (Å²) in [4.78, 5) is 25.2. The highest BCUT2D eigenvalue weighted by Gasteiger charge is 2.33. The Kier molecular flexibility index (Phi) is 4.83. The largest absolute Gasteiger partial charge is 0.310 e. The Morgan fingerprint density at radius 1 is 1.38 bits per heavy atom. The summed E-state index contributed by atoms with van der Waals surface area (Å²) in [6, 6.07) is 6.14. The topological polar surface area (TPSA) is 37.4 Å². The van der Waals surface area contributed by atoms with E-state index in [-0.39, 0.29) is 21.7 Å². The summed E-state index contributed by atoms with van der Waals surface area (Å²) >= 11 is 4.84. The van der Waals surface area contributed by atoms with E-state index in [1.807, 2.05) is 6.07 Å². The van der Waals surface area contributed by atoms with Gasteiger partial charge in [0.25, 0.3) is 0 Å². The monoisotopic (exact) mass is 369 g/mol. The number of anilines is 1. The zero-order valence-corrected chi connectivity index (χ0v) is 15.2. The maximum absolute atomic E-state index is 12.2. The van der Waals surface area contributed by atoms with E-state index in [1.54, 1.807) is 11.8 Å². The highest BCUT2D eigenvalue weighted by molar-refractivity contribution is 9.10. The van der Waals surface area contributed by atoms with Crippen LogP contribution in [0.1, 0.15) is 39.7 Å². The van der Waals surface area contributed by atoms with E-state index in [0.29, 0.717) is 13.0 Å². The molecule has 114 valence electrons. The highest BCUT2D eigenvalue weighted by atomic mass is 79.9. The number of nitrogens with zero attached hydrogens (tertiary/aromatic N) is 1. The number of benzene rings is 1. The summed E-state index contributed by atoms with van der Waals surface area (Å²) in [5.41, 5.74) is 2.18. The van der Waals surface area contributed by atoms with Crippen LogP contribution < -0.4 is 4.90 Å². The second-order valence-corrected chi connectivity index (χ2v) is 8.69. The number of carbonyl (C=O) groups excluding carboxylic acids is 2. The Labute approximate surface area is 138 Å². The number of hydrogen-bond donors (Lipinski definition) is 0. The van der Waals surface area contributed by atoms with Crippen LogP contribution in [-0.4, -0.2) is 22.8 Å². The van der Waals surface area contributed by atoms with Crippen LogP contribution in [0.5, 0.6) is 0 Å². The third-order valence-electron chi connectivity index (χ3n) is 3.53. The number of halogens is 1. The van der Waals surface area contributed by atoms with E-state index in [2.05, 4.69) is 48.8 Å². The molecule has 0 spiro atoms. The van der Waals surface area contributed by atoms with Crippen molar-refractivity contribution in [1.29, 1.82) is 0 Å². The Bertz CT molecular complexity index is 580. The number of amides is 1. The van der Waals surface area contributed by atoms with E-state index < -0.39 is 0 Å². The fourth-order valence-electron chi connectivity index (χ4n) is 2.41. The smallest absolute Gasteiger partial charge is 0.228 e. The molecule has 5 heteroatoms. The minimum absolute atomic E-state index is 0.0594. The summed E-state index contributed by atoms with van der Waals surface area (Å²) in [6.07, 6.45) is 0.428. The molecule has 1 aromatic rings. The van der Waals surface area contributed by atoms with Crippen molar-refractivity contribution >= 4 is 44.4 Å². The number of rotatable bonds is 2. The van der Waals surface area contributed by atoms with Crippen molar-refractivity contribution in [2.75, 3.05) is 11.4 Å². The fourth-order valence-corrected chi connectivity index (χ4v) is 3.93. The Morgan fingerprint density at radius 3 is 2.57 bits per heavy atom. The lowest BCUT2D eigenvalue weighted by molar-refractivity contribution is -0.117. The van der Waals surface area contributed by atoms with Crippen LogP contribution >= 0.6 is 27.7 Å². The van der Waals surface area contributed by atoms with Crippen molar-refractivity contribution in [1.82, 2.24) is 0 Å². The normalized spacial score (nSPS) is 19.2. The molecule has 2 rings (SSSR count). The van der Waals surface area contributed by atoms with Gasteiger partial charge in [-0.1, -0.05) is 38.6 Å². The second kappa shape index (κ2) is 6.13. The van der Waals surface area contributed by atoms with Crippen molar-refractivity contribution in [2.45, 2.75) is 44.8 Å². The molecular formula is C16H20BrNO2S. The molecule has 1 aliphatic rings. The third kappa shape index (κ3) is 3.89. The summed E-state index contributed by atoms with van der Waals surface area (Å²) in [5.74, 6) is 0.0814. The van der Waals surface area contributed by atoms with Crippen LogP contribution in [0, 0.1) is 0 Å². The number of thioether (sulfide) groups is 1. The molecule has 3 nitrogen and oxygen atoms in total. The Hall–Kier alpha value is -0.810. The first-order valence-corrected chi connectivity index (χ1v) is 8.63. The summed E-state index contributed by atoms with van der Waals surface area (Å²) in [5, 5.41) is 0.126.